The van der Waals surface area contributed by atoms with Gasteiger partial charge in [-0.2, -0.15) is 0 Å². The predicted octanol–water partition coefficient (Wildman–Crippen LogP) is 3.61. The number of rotatable bonds is 4. The van der Waals surface area contributed by atoms with Crippen molar-refractivity contribution in [1.82, 2.24) is 4.98 Å². The van der Waals surface area contributed by atoms with Crippen molar-refractivity contribution in [2.24, 2.45) is 7.05 Å². The minimum absolute atomic E-state index is 0.0478. The number of aryl methyl sites for hydroxylation is 2. The molecule has 0 amide bonds. The summed E-state index contributed by atoms with van der Waals surface area (Å²) in [6.07, 6.45) is 1.68. The number of non-ortho nitro benzene ring substituents is 1. The summed E-state index contributed by atoms with van der Waals surface area (Å²) in [5, 5.41) is 14.9. The Morgan fingerprint density at radius 2 is 1.66 bits per heavy atom. The molecule has 0 fully saturated rings. The van der Waals surface area contributed by atoms with Gasteiger partial charge in [-0.1, -0.05) is 35.9 Å². The fraction of sp³-hybridized carbons (Fsp3) is 0.0909. The number of hydrogen-bond acceptors (Lipinski definition) is 7. The van der Waals surface area contributed by atoms with Crippen LogP contribution in [0.5, 0.6) is 0 Å². The second kappa shape index (κ2) is 9.50. The van der Waals surface area contributed by atoms with Crippen LogP contribution in [0.2, 0.25) is 0 Å². The number of nitro groups is 1. The molecule has 32 heavy (non-hydrogen) atoms. The van der Waals surface area contributed by atoms with Gasteiger partial charge in [-0.05, 0) is 42.2 Å². The van der Waals surface area contributed by atoms with Crippen molar-refractivity contribution in [1.29, 1.82) is 0 Å². The fourth-order valence-electron chi connectivity index (χ4n) is 2.87. The van der Waals surface area contributed by atoms with Crippen LogP contribution in [0.4, 0.5) is 17.2 Å². The molecule has 0 aliphatic heterocycles. The summed E-state index contributed by atoms with van der Waals surface area (Å²) in [5.74, 6) is 0.595. The van der Waals surface area contributed by atoms with E-state index in [4.69, 9.17) is 0 Å². The smallest absolute Gasteiger partial charge is 0.289 e. The number of para-hydroxylation sites is 1. The van der Waals surface area contributed by atoms with Gasteiger partial charge in [0.25, 0.3) is 17.8 Å². The van der Waals surface area contributed by atoms with E-state index in [2.05, 4.69) is 10.3 Å². The largest absolute Gasteiger partial charge is 0.744 e. The Labute approximate surface area is 184 Å². The number of benzene rings is 3. The van der Waals surface area contributed by atoms with Gasteiger partial charge in [0.1, 0.15) is 15.6 Å². The van der Waals surface area contributed by atoms with Crippen molar-refractivity contribution in [2.75, 3.05) is 5.32 Å². The predicted molar refractivity (Wildman–Crippen MR) is 118 cm³/mol. The molecule has 0 spiro atoms. The molecular weight excluding hydrogens is 432 g/mol. The Balaban J connectivity index is 0.000000222. The fourth-order valence-corrected chi connectivity index (χ4v) is 3.34. The van der Waals surface area contributed by atoms with Gasteiger partial charge >= 0.3 is 0 Å². The molecule has 0 radical (unpaired) electrons. The van der Waals surface area contributed by atoms with Gasteiger partial charge in [-0.15, -0.1) is 0 Å². The third-order valence-electron chi connectivity index (χ3n) is 4.53. The molecule has 0 saturated heterocycles. The Bertz CT molecular complexity index is 1360. The number of anilines is 2. The van der Waals surface area contributed by atoms with Crippen LogP contribution in [-0.4, -0.2) is 22.9 Å². The van der Waals surface area contributed by atoms with Crippen LogP contribution < -0.4 is 9.88 Å². The van der Waals surface area contributed by atoms with Crippen LogP contribution in [0, 0.1) is 17.0 Å². The molecule has 0 bridgehead atoms. The molecular formula is C22H20N4O5S. The zero-order chi connectivity index (χ0) is 23.3. The molecule has 0 unspecified atom stereocenters. The van der Waals surface area contributed by atoms with E-state index >= 15 is 0 Å². The first-order chi connectivity index (χ1) is 15.1. The normalized spacial score (nSPS) is 10.8. The summed E-state index contributed by atoms with van der Waals surface area (Å²) in [6.45, 7) is 1.82. The zero-order valence-electron chi connectivity index (χ0n) is 17.3. The van der Waals surface area contributed by atoms with Crippen molar-refractivity contribution in [2.45, 2.75) is 11.8 Å². The summed E-state index contributed by atoms with van der Waals surface area (Å²) in [6, 6.07) is 20.1. The first-order valence-electron chi connectivity index (χ1n) is 9.42. The summed E-state index contributed by atoms with van der Waals surface area (Å²) < 4.78 is 33.0. The highest BCUT2D eigenvalue weighted by atomic mass is 32.2. The van der Waals surface area contributed by atoms with Crippen LogP contribution in [0.15, 0.2) is 84.0 Å². The second-order valence-electron chi connectivity index (χ2n) is 6.92. The number of nitro benzene ring substituents is 1. The monoisotopic (exact) mass is 452 g/mol. The van der Waals surface area contributed by atoms with Crippen LogP contribution in [0.3, 0.4) is 0 Å². The molecule has 10 heteroatoms. The first kappa shape index (κ1) is 22.8. The topological polar surface area (TPSA) is 129 Å². The van der Waals surface area contributed by atoms with E-state index in [0.29, 0.717) is 11.2 Å². The highest BCUT2D eigenvalue weighted by Gasteiger charge is 2.16. The van der Waals surface area contributed by atoms with Crippen molar-refractivity contribution >= 4 is 38.2 Å². The van der Waals surface area contributed by atoms with E-state index in [1.54, 1.807) is 24.5 Å². The Morgan fingerprint density at radius 1 is 1.00 bits per heavy atom. The molecule has 164 valence electrons. The quantitative estimate of drug-likeness (QED) is 0.217. The summed E-state index contributed by atoms with van der Waals surface area (Å²) in [4.78, 5) is 14.7. The molecule has 0 saturated carbocycles. The molecule has 9 nitrogen and oxygen atoms in total. The molecule has 1 aromatic heterocycles. The highest BCUT2D eigenvalue weighted by molar-refractivity contribution is 7.85. The average Bonchev–Trinajstić information content (AvgIpc) is 2.76. The lowest BCUT2D eigenvalue weighted by Gasteiger charge is -2.05. The van der Waals surface area contributed by atoms with Crippen molar-refractivity contribution in [3.8, 4) is 0 Å². The van der Waals surface area contributed by atoms with Crippen molar-refractivity contribution < 1.29 is 22.5 Å². The molecule has 3 aromatic carbocycles. The first-order valence-corrected chi connectivity index (χ1v) is 10.8. The minimum Gasteiger partial charge on any atom is -0.744 e. The number of nitrogens with one attached hydrogen (secondary N) is 1. The van der Waals surface area contributed by atoms with Gasteiger partial charge < -0.3 is 9.87 Å². The molecule has 0 aliphatic rings. The third kappa shape index (κ3) is 5.62. The van der Waals surface area contributed by atoms with Gasteiger partial charge in [-0.3, -0.25) is 10.1 Å². The van der Waals surface area contributed by atoms with Gasteiger partial charge in [0.15, 0.2) is 0 Å². The van der Waals surface area contributed by atoms with E-state index in [1.165, 1.54) is 24.3 Å². The lowest BCUT2D eigenvalue weighted by atomic mass is 10.2. The lowest BCUT2D eigenvalue weighted by Crippen LogP contribution is -2.29. The van der Waals surface area contributed by atoms with Gasteiger partial charge in [0, 0.05) is 17.8 Å². The summed E-state index contributed by atoms with van der Waals surface area (Å²) >= 11 is 0. The molecule has 0 atom stereocenters. The number of aromatic nitrogens is 2. The maximum absolute atomic E-state index is 11.0. The Hall–Kier alpha value is -3.89. The zero-order valence-corrected chi connectivity index (χ0v) is 18.1. The van der Waals surface area contributed by atoms with E-state index in [1.807, 2.05) is 48.9 Å². The van der Waals surface area contributed by atoms with Crippen LogP contribution in [0.1, 0.15) is 5.56 Å². The van der Waals surface area contributed by atoms with E-state index in [9.17, 15) is 23.1 Å². The molecule has 1 heterocycles. The molecule has 4 aromatic rings. The van der Waals surface area contributed by atoms with E-state index < -0.39 is 15.0 Å². The number of hydrogen-bond donors (Lipinski definition) is 1. The van der Waals surface area contributed by atoms with E-state index in [-0.39, 0.29) is 10.6 Å². The van der Waals surface area contributed by atoms with Crippen molar-refractivity contribution in [3.63, 3.8) is 0 Å². The number of fused-ring (bicyclic) bond motifs is 1. The summed E-state index contributed by atoms with van der Waals surface area (Å²) in [7, 11) is -2.41. The molecule has 1 N–H and O–H groups in total. The standard InChI is InChI=1S/C15H12N4O2.C7H8O3S/c1-18-10-16-15(17-11-5-3-2-4-6-11)13-9-12(19(20)21)7-8-14(13)18;1-6-2-4-7(5-3-6)11(8,9)10/h2-10H,1H3;2-5H,1H3,(H,8,9,10). The maximum atomic E-state index is 11.0. The lowest BCUT2D eigenvalue weighted by molar-refractivity contribution is -0.647. The van der Waals surface area contributed by atoms with Gasteiger partial charge in [0.05, 0.1) is 22.3 Å². The van der Waals surface area contributed by atoms with Crippen LogP contribution in [0.25, 0.3) is 10.9 Å². The minimum atomic E-state index is -4.27. The molecule has 4 rings (SSSR count). The molecule has 0 aliphatic carbocycles. The Kier molecular flexibility index (Phi) is 6.76. The van der Waals surface area contributed by atoms with Gasteiger partial charge in [0.2, 0.25) is 0 Å². The van der Waals surface area contributed by atoms with E-state index in [0.717, 1.165) is 16.8 Å². The third-order valence-corrected chi connectivity index (χ3v) is 5.38. The van der Waals surface area contributed by atoms with Crippen molar-refractivity contribution in [3.05, 3.63) is 94.8 Å². The Morgan fingerprint density at radius 3 is 2.25 bits per heavy atom. The summed E-state index contributed by atoms with van der Waals surface area (Å²) in [5.41, 5.74) is 2.73. The average molecular weight is 452 g/mol. The maximum Gasteiger partial charge on any atom is 0.289 e. The SMILES string of the molecule is C[n+]1cnc(Nc2ccccc2)c2cc([N+](=O)[O-])ccc21.Cc1ccc(S(=O)(=O)[O-])cc1. The van der Waals surface area contributed by atoms with Crippen LogP contribution in [-0.2, 0) is 17.2 Å². The second-order valence-corrected chi connectivity index (χ2v) is 8.30. The van der Waals surface area contributed by atoms with Crippen LogP contribution >= 0.6 is 0 Å². The number of nitrogens with zero attached hydrogens (tertiary/aromatic N) is 3. The highest BCUT2D eigenvalue weighted by Crippen LogP contribution is 2.25. The van der Waals surface area contributed by atoms with Gasteiger partial charge in [-0.25, -0.2) is 13.0 Å².